The summed E-state index contributed by atoms with van der Waals surface area (Å²) in [5.74, 6) is -1.11. The fraction of sp³-hybridized carbons (Fsp3) is 0. The summed E-state index contributed by atoms with van der Waals surface area (Å²) in [5.41, 5.74) is 3.16. The summed E-state index contributed by atoms with van der Waals surface area (Å²) in [6.07, 6.45) is 1.67. The molecule has 136 valence electrons. The van der Waals surface area contributed by atoms with E-state index in [1.165, 1.54) is 36.4 Å². The van der Waals surface area contributed by atoms with Crippen LogP contribution in [0.2, 0.25) is 0 Å². The Labute approximate surface area is 157 Å². The summed E-state index contributed by atoms with van der Waals surface area (Å²) in [6, 6.07) is 16.2. The van der Waals surface area contributed by atoms with E-state index in [1.54, 1.807) is 41.2 Å². The Hall–Kier alpha value is -3.67. The minimum atomic E-state index is -0.392. The van der Waals surface area contributed by atoms with Crippen LogP contribution in [-0.2, 0) is 0 Å². The highest BCUT2D eigenvalue weighted by atomic mass is 19.1. The smallest absolute Gasteiger partial charge is 0.124 e. The van der Waals surface area contributed by atoms with Gasteiger partial charge in [-0.25, -0.2) is 17.9 Å². The molecule has 0 fully saturated rings. The second-order valence-electron chi connectivity index (χ2n) is 6.43. The lowest BCUT2D eigenvalue weighted by Gasteiger charge is -2.06. The van der Waals surface area contributed by atoms with E-state index in [4.69, 9.17) is 0 Å². The normalized spacial score (nSPS) is 11.4. The molecule has 2 aromatic heterocycles. The van der Waals surface area contributed by atoms with E-state index < -0.39 is 5.82 Å². The molecular weight excluding hydrogens is 363 g/mol. The summed E-state index contributed by atoms with van der Waals surface area (Å²) in [4.78, 5) is 4.42. The third-order valence-electron chi connectivity index (χ3n) is 4.66. The number of nitrogens with zero attached hydrogens (tertiary/aromatic N) is 3. The average Bonchev–Trinajstić information content (AvgIpc) is 3.09. The summed E-state index contributed by atoms with van der Waals surface area (Å²) >= 11 is 0. The second kappa shape index (κ2) is 6.20. The van der Waals surface area contributed by atoms with Crippen LogP contribution in [0, 0.1) is 17.5 Å². The number of pyridine rings is 1. The molecule has 0 saturated heterocycles. The Kier molecular flexibility index (Phi) is 3.65. The summed E-state index contributed by atoms with van der Waals surface area (Å²) in [7, 11) is 0. The molecule has 0 aliphatic rings. The molecule has 0 radical (unpaired) electrons. The topological polar surface area (TPSA) is 30.7 Å². The molecule has 0 amide bonds. The maximum Gasteiger partial charge on any atom is 0.124 e. The molecule has 5 aromatic rings. The van der Waals surface area contributed by atoms with Gasteiger partial charge in [-0.3, -0.25) is 4.98 Å². The molecule has 0 saturated carbocycles. The van der Waals surface area contributed by atoms with Gasteiger partial charge < -0.3 is 0 Å². The predicted octanol–water partition coefficient (Wildman–Crippen LogP) is 5.66. The first-order chi connectivity index (χ1) is 13.6. The van der Waals surface area contributed by atoms with E-state index in [9.17, 15) is 13.2 Å². The molecule has 0 aliphatic heterocycles. The molecule has 0 atom stereocenters. The van der Waals surface area contributed by atoms with Gasteiger partial charge in [0.25, 0.3) is 0 Å². The zero-order valence-electron chi connectivity index (χ0n) is 14.4. The maximum absolute atomic E-state index is 14.0. The molecule has 5 rings (SSSR count). The third kappa shape index (κ3) is 2.62. The highest BCUT2D eigenvalue weighted by molar-refractivity contribution is 6.08. The number of rotatable bonds is 2. The van der Waals surface area contributed by atoms with Gasteiger partial charge in [-0.2, -0.15) is 5.10 Å². The number of halogens is 3. The fourth-order valence-corrected chi connectivity index (χ4v) is 3.35. The molecule has 0 unspecified atom stereocenters. The van der Waals surface area contributed by atoms with Crippen LogP contribution in [0.15, 0.2) is 72.9 Å². The Balaban J connectivity index is 1.90. The average molecular weight is 375 g/mol. The molecular formula is C22H12F3N3. The van der Waals surface area contributed by atoms with Crippen molar-refractivity contribution in [3.63, 3.8) is 0 Å². The molecule has 0 spiro atoms. The SMILES string of the molecule is Fc1ccc(-c2nn(-c3ccc(F)cc3)c3c2cnc2ccc(F)cc23)cc1. The van der Waals surface area contributed by atoms with E-state index in [2.05, 4.69) is 10.1 Å². The van der Waals surface area contributed by atoms with E-state index >= 15 is 0 Å². The third-order valence-corrected chi connectivity index (χ3v) is 4.66. The number of aromatic nitrogens is 3. The maximum atomic E-state index is 14.0. The van der Waals surface area contributed by atoms with E-state index in [0.717, 1.165) is 0 Å². The Morgan fingerprint density at radius 3 is 2.04 bits per heavy atom. The lowest BCUT2D eigenvalue weighted by atomic mass is 10.1. The van der Waals surface area contributed by atoms with Crippen molar-refractivity contribution in [1.82, 2.24) is 14.8 Å². The van der Waals surface area contributed by atoms with Crippen molar-refractivity contribution in [2.24, 2.45) is 0 Å². The van der Waals surface area contributed by atoms with Gasteiger partial charge in [-0.15, -0.1) is 0 Å². The van der Waals surface area contributed by atoms with E-state index in [0.29, 0.717) is 38.8 Å². The van der Waals surface area contributed by atoms with Crippen molar-refractivity contribution >= 4 is 21.8 Å². The molecule has 2 heterocycles. The van der Waals surface area contributed by atoms with E-state index in [-0.39, 0.29) is 11.6 Å². The van der Waals surface area contributed by atoms with Gasteiger partial charge in [-0.1, -0.05) is 0 Å². The van der Waals surface area contributed by atoms with Gasteiger partial charge in [0.2, 0.25) is 0 Å². The zero-order chi connectivity index (χ0) is 19.3. The van der Waals surface area contributed by atoms with Crippen LogP contribution in [-0.4, -0.2) is 14.8 Å². The van der Waals surface area contributed by atoms with Gasteiger partial charge in [0, 0.05) is 22.5 Å². The lowest BCUT2D eigenvalue weighted by Crippen LogP contribution is -1.97. The standard InChI is InChI=1S/C22H12F3N3/c23-14-3-1-13(2-4-14)21-19-12-26-20-10-7-16(25)11-18(20)22(19)28(27-21)17-8-5-15(24)6-9-17/h1-12H. The van der Waals surface area contributed by atoms with Crippen molar-refractivity contribution in [1.29, 1.82) is 0 Å². The minimum absolute atomic E-state index is 0.350. The molecule has 0 bridgehead atoms. The van der Waals surface area contributed by atoms with Gasteiger partial charge in [0.05, 0.1) is 16.7 Å². The quantitative estimate of drug-likeness (QED) is 0.399. The van der Waals surface area contributed by atoms with Crippen molar-refractivity contribution in [3.05, 3.63) is 90.4 Å². The van der Waals surface area contributed by atoms with Crippen molar-refractivity contribution in [2.75, 3.05) is 0 Å². The van der Waals surface area contributed by atoms with E-state index in [1.807, 2.05) is 0 Å². The highest BCUT2D eigenvalue weighted by Gasteiger charge is 2.17. The zero-order valence-corrected chi connectivity index (χ0v) is 14.4. The first-order valence-corrected chi connectivity index (χ1v) is 8.59. The number of fused-ring (bicyclic) bond motifs is 3. The molecule has 28 heavy (non-hydrogen) atoms. The number of hydrogen-bond acceptors (Lipinski definition) is 2. The van der Waals surface area contributed by atoms with Crippen LogP contribution in [0.3, 0.4) is 0 Å². The predicted molar refractivity (Wildman–Crippen MR) is 102 cm³/mol. The van der Waals surface area contributed by atoms with Gasteiger partial charge in [0.15, 0.2) is 0 Å². The fourth-order valence-electron chi connectivity index (χ4n) is 3.35. The summed E-state index contributed by atoms with van der Waals surface area (Å²) in [5, 5.41) is 5.95. The second-order valence-corrected chi connectivity index (χ2v) is 6.43. The molecule has 0 N–H and O–H groups in total. The lowest BCUT2D eigenvalue weighted by molar-refractivity contribution is 0.627. The Morgan fingerprint density at radius 1 is 0.679 bits per heavy atom. The van der Waals surface area contributed by atoms with Gasteiger partial charge in [-0.05, 0) is 66.7 Å². The van der Waals surface area contributed by atoms with Crippen LogP contribution in [0.4, 0.5) is 13.2 Å². The molecule has 0 aliphatic carbocycles. The first-order valence-electron chi connectivity index (χ1n) is 8.59. The van der Waals surface area contributed by atoms with Crippen molar-refractivity contribution in [2.45, 2.75) is 0 Å². The minimum Gasteiger partial charge on any atom is -0.255 e. The monoisotopic (exact) mass is 375 g/mol. The van der Waals surface area contributed by atoms with Crippen LogP contribution < -0.4 is 0 Å². The Morgan fingerprint density at radius 2 is 1.32 bits per heavy atom. The Bertz CT molecular complexity index is 1320. The van der Waals surface area contributed by atoms with Crippen molar-refractivity contribution in [3.8, 4) is 16.9 Å². The summed E-state index contributed by atoms with van der Waals surface area (Å²) in [6.45, 7) is 0. The van der Waals surface area contributed by atoms with Crippen molar-refractivity contribution < 1.29 is 13.2 Å². The largest absolute Gasteiger partial charge is 0.255 e. The van der Waals surface area contributed by atoms with Gasteiger partial charge in [0.1, 0.15) is 23.1 Å². The molecule has 3 nitrogen and oxygen atoms in total. The van der Waals surface area contributed by atoms with Gasteiger partial charge >= 0.3 is 0 Å². The molecule has 6 heteroatoms. The number of hydrogen-bond donors (Lipinski definition) is 0. The van der Waals surface area contributed by atoms with Crippen LogP contribution in [0.1, 0.15) is 0 Å². The first kappa shape index (κ1) is 16.5. The number of benzene rings is 3. The van der Waals surface area contributed by atoms with Crippen LogP contribution in [0.5, 0.6) is 0 Å². The summed E-state index contributed by atoms with van der Waals surface area (Å²) < 4.78 is 42.4. The molecule has 3 aromatic carbocycles. The van der Waals surface area contributed by atoms with Crippen LogP contribution >= 0.6 is 0 Å². The van der Waals surface area contributed by atoms with Crippen LogP contribution in [0.25, 0.3) is 38.8 Å². The highest BCUT2D eigenvalue weighted by Crippen LogP contribution is 2.34.